The number of terminal acetylenes is 1. The second-order valence-corrected chi connectivity index (χ2v) is 3.40. The standard InChI is InChI=1S/C13H11NO/c1-2-3-7-14-8-6-12-5-4-11(10-15)9-13(12)14/h1,4-6,8-10H,3,7H2. The highest BCUT2D eigenvalue weighted by molar-refractivity contribution is 5.87. The summed E-state index contributed by atoms with van der Waals surface area (Å²) in [5.41, 5.74) is 1.76. The van der Waals surface area contributed by atoms with Crippen LogP contribution in [0.15, 0.2) is 30.5 Å². The summed E-state index contributed by atoms with van der Waals surface area (Å²) in [6.07, 6.45) is 8.78. The number of carbonyl (C=O) groups is 1. The van der Waals surface area contributed by atoms with Crippen LogP contribution in [0.1, 0.15) is 16.8 Å². The Balaban J connectivity index is 2.47. The Labute approximate surface area is 88.5 Å². The maximum Gasteiger partial charge on any atom is 0.150 e. The molecule has 1 aromatic carbocycles. The predicted molar refractivity (Wildman–Crippen MR) is 60.8 cm³/mol. The number of carbonyl (C=O) groups excluding carboxylic acids is 1. The lowest BCUT2D eigenvalue weighted by molar-refractivity contribution is 0.112. The fourth-order valence-electron chi connectivity index (χ4n) is 1.65. The average Bonchev–Trinajstić information content (AvgIpc) is 2.68. The zero-order valence-corrected chi connectivity index (χ0v) is 8.31. The molecule has 0 amide bonds. The van der Waals surface area contributed by atoms with Crippen LogP contribution in [0, 0.1) is 12.3 Å². The van der Waals surface area contributed by atoms with E-state index in [1.165, 1.54) is 0 Å². The SMILES string of the molecule is C#CCCn1ccc2ccc(C=O)cc21. The van der Waals surface area contributed by atoms with Crippen molar-refractivity contribution < 1.29 is 4.79 Å². The largest absolute Gasteiger partial charge is 0.347 e. The summed E-state index contributed by atoms with van der Waals surface area (Å²) in [5, 5.41) is 1.14. The van der Waals surface area contributed by atoms with Crippen molar-refractivity contribution >= 4 is 17.2 Å². The summed E-state index contributed by atoms with van der Waals surface area (Å²) in [7, 11) is 0. The maximum absolute atomic E-state index is 10.7. The summed E-state index contributed by atoms with van der Waals surface area (Å²) in [6, 6.07) is 7.69. The number of hydrogen-bond acceptors (Lipinski definition) is 1. The molecule has 1 aromatic heterocycles. The molecule has 0 atom stereocenters. The molecule has 2 heteroatoms. The second kappa shape index (κ2) is 4.02. The smallest absolute Gasteiger partial charge is 0.150 e. The van der Waals surface area contributed by atoms with Gasteiger partial charge in [0.05, 0.1) is 0 Å². The van der Waals surface area contributed by atoms with Crippen LogP contribution in [0.3, 0.4) is 0 Å². The normalized spacial score (nSPS) is 10.1. The number of aldehydes is 1. The maximum atomic E-state index is 10.7. The fourth-order valence-corrected chi connectivity index (χ4v) is 1.65. The Morgan fingerprint density at radius 3 is 3.00 bits per heavy atom. The molecule has 0 saturated heterocycles. The van der Waals surface area contributed by atoms with E-state index < -0.39 is 0 Å². The molecule has 0 bridgehead atoms. The van der Waals surface area contributed by atoms with Crippen LogP contribution in [0.4, 0.5) is 0 Å². The molecule has 0 saturated carbocycles. The number of benzene rings is 1. The molecule has 2 rings (SSSR count). The third-order valence-electron chi connectivity index (χ3n) is 2.43. The molecule has 0 spiro atoms. The number of fused-ring (bicyclic) bond motifs is 1. The van der Waals surface area contributed by atoms with Gasteiger partial charge in [-0.1, -0.05) is 12.1 Å². The van der Waals surface area contributed by atoms with Gasteiger partial charge in [-0.05, 0) is 17.5 Å². The first-order valence-electron chi connectivity index (χ1n) is 4.82. The van der Waals surface area contributed by atoms with Crippen LogP contribution in [0.25, 0.3) is 10.9 Å². The van der Waals surface area contributed by atoms with E-state index in [4.69, 9.17) is 6.42 Å². The van der Waals surface area contributed by atoms with Gasteiger partial charge in [-0.2, -0.15) is 0 Å². The van der Waals surface area contributed by atoms with E-state index in [1.54, 1.807) is 0 Å². The fraction of sp³-hybridized carbons (Fsp3) is 0.154. The first-order valence-corrected chi connectivity index (χ1v) is 4.82. The lowest BCUT2D eigenvalue weighted by Gasteiger charge is -2.02. The van der Waals surface area contributed by atoms with E-state index in [2.05, 4.69) is 10.5 Å². The van der Waals surface area contributed by atoms with E-state index in [-0.39, 0.29) is 0 Å². The Morgan fingerprint density at radius 2 is 2.27 bits per heavy atom. The van der Waals surface area contributed by atoms with Crippen LogP contribution in [-0.2, 0) is 6.54 Å². The van der Waals surface area contributed by atoms with Gasteiger partial charge in [0.15, 0.2) is 0 Å². The Morgan fingerprint density at radius 1 is 1.40 bits per heavy atom. The first-order chi connectivity index (χ1) is 7.35. The van der Waals surface area contributed by atoms with Crippen molar-refractivity contribution in [1.29, 1.82) is 0 Å². The van der Waals surface area contributed by atoms with Gasteiger partial charge < -0.3 is 4.57 Å². The highest BCUT2D eigenvalue weighted by Gasteiger charge is 2.01. The topological polar surface area (TPSA) is 22.0 Å². The molecule has 0 aliphatic rings. The van der Waals surface area contributed by atoms with Gasteiger partial charge in [0.1, 0.15) is 6.29 Å². The average molecular weight is 197 g/mol. The van der Waals surface area contributed by atoms with E-state index in [0.29, 0.717) is 12.0 Å². The van der Waals surface area contributed by atoms with Crippen molar-refractivity contribution in [3.63, 3.8) is 0 Å². The minimum absolute atomic E-state index is 0.697. The molecule has 2 aromatic rings. The molecular formula is C13H11NO. The molecule has 0 radical (unpaired) electrons. The molecular weight excluding hydrogens is 186 g/mol. The monoisotopic (exact) mass is 197 g/mol. The molecule has 0 fully saturated rings. The lowest BCUT2D eigenvalue weighted by atomic mass is 10.2. The van der Waals surface area contributed by atoms with Gasteiger partial charge >= 0.3 is 0 Å². The minimum Gasteiger partial charge on any atom is -0.347 e. The van der Waals surface area contributed by atoms with Crippen LogP contribution >= 0.6 is 0 Å². The lowest BCUT2D eigenvalue weighted by Crippen LogP contribution is -1.94. The summed E-state index contributed by atoms with van der Waals surface area (Å²) >= 11 is 0. The van der Waals surface area contributed by atoms with Gasteiger partial charge in [0, 0.05) is 30.2 Å². The summed E-state index contributed by atoms with van der Waals surface area (Å²) in [5.74, 6) is 2.61. The zero-order valence-electron chi connectivity index (χ0n) is 8.31. The molecule has 0 unspecified atom stereocenters. The number of rotatable bonds is 3. The third kappa shape index (κ3) is 1.77. The summed E-state index contributed by atoms with van der Waals surface area (Å²) in [6.45, 7) is 0.794. The highest BCUT2D eigenvalue weighted by atomic mass is 16.1. The van der Waals surface area contributed by atoms with E-state index in [9.17, 15) is 4.79 Å². The van der Waals surface area contributed by atoms with Crippen LogP contribution < -0.4 is 0 Å². The Kier molecular flexibility index (Phi) is 2.55. The summed E-state index contributed by atoms with van der Waals surface area (Å²) in [4.78, 5) is 10.7. The van der Waals surface area contributed by atoms with Gasteiger partial charge in [-0.15, -0.1) is 12.3 Å². The molecule has 74 valence electrons. The summed E-state index contributed by atoms with van der Waals surface area (Å²) < 4.78 is 2.07. The zero-order chi connectivity index (χ0) is 10.7. The number of hydrogen-bond donors (Lipinski definition) is 0. The third-order valence-corrected chi connectivity index (χ3v) is 2.43. The molecule has 0 N–H and O–H groups in total. The van der Waals surface area contributed by atoms with E-state index in [0.717, 1.165) is 23.7 Å². The van der Waals surface area contributed by atoms with Crippen LogP contribution in [0.5, 0.6) is 0 Å². The first kappa shape index (κ1) is 9.54. The van der Waals surface area contributed by atoms with E-state index >= 15 is 0 Å². The van der Waals surface area contributed by atoms with Crippen molar-refractivity contribution in [3.8, 4) is 12.3 Å². The second-order valence-electron chi connectivity index (χ2n) is 3.40. The van der Waals surface area contributed by atoms with E-state index in [1.807, 2.05) is 30.5 Å². The van der Waals surface area contributed by atoms with Crippen molar-refractivity contribution in [3.05, 3.63) is 36.0 Å². The van der Waals surface area contributed by atoms with Crippen molar-refractivity contribution in [2.75, 3.05) is 0 Å². The van der Waals surface area contributed by atoms with Crippen molar-refractivity contribution in [2.45, 2.75) is 13.0 Å². The minimum atomic E-state index is 0.697. The molecule has 0 aliphatic carbocycles. The Hall–Kier alpha value is -2.01. The molecule has 15 heavy (non-hydrogen) atoms. The number of nitrogens with zero attached hydrogens (tertiary/aromatic N) is 1. The van der Waals surface area contributed by atoms with Crippen molar-refractivity contribution in [2.24, 2.45) is 0 Å². The predicted octanol–water partition coefficient (Wildman–Crippen LogP) is 2.48. The highest BCUT2D eigenvalue weighted by Crippen LogP contribution is 2.17. The molecule has 1 heterocycles. The molecule has 2 nitrogen and oxygen atoms in total. The number of aromatic nitrogens is 1. The van der Waals surface area contributed by atoms with Gasteiger partial charge in [-0.25, -0.2) is 0 Å². The molecule has 0 aliphatic heterocycles. The van der Waals surface area contributed by atoms with Gasteiger partial charge in [0.2, 0.25) is 0 Å². The Bertz CT molecular complexity index is 531. The number of aryl methyl sites for hydroxylation is 1. The van der Waals surface area contributed by atoms with Gasteiger partial charge in [-0.3, -0.25) is 4.79 Å². The van der Waals surface area contributed by atoms with Crippen LogP contribution in [-0.4, -0.2) is 10.9 Å². The van der Waals surface area contributed by atoms with Crippen molar-refractivity contribution in [1.82, 2.24) is 4.57 Å². The quantitative estimate of drug-likeness (QED) is 0.547. The van der Waals surface area contributed by atoms with Gasteiger partial charge in [0.25, 0.3) is 0 Å². The van der Waals surface area contributed by atoms with Crippen LogP contribution in [0.2, 0.25) is 0 Å².